The average Bonchev–Trinajstić information content (AvgIpc) is 2.96. The fraction of sp³-hybridized carbons (Fsp3) is 0.188. The molecule has 0 aliphatic heterocycles. The van der Waals surface area contributed by atoms with Crippen LogP contribution in [-0.4, -0.2) is 36.9 Å². The minimum absolute atomic E-state index is 0.105. The van der Waals surface area contributed by atoms with Crippen LogP contribution in [-0.2, 0) is 20.7 Å². The molecule has 0 saturated carbocycles. The topological polar surface area (TPSA) is 105 Å². The first-order chi connectivity index (χ1) is 19.3. The lowest BCUT2D eigenvalue weighted by atomic mass is 10.1. The van der Waals surface area contributed by atoms with Gasteiger partial charge < -0.3 is 18.9 Å². The summed E-state index contributed by atoms with van der Waals surface area (Å²) in [5.74, 6) is -0.417. The molecule has 8 heteroatoms. The number of esters is 3. The minimum Gasteiger partial charge on any atom is -0.494 e. The monoisotopic (exact) mass is 542 g/mol. The molecule has 0 atom stereocenters. The zero-order chi connectivity index (χ0) is 28.9. The van der Waals surface area contributed by atoms with Gasteiger partial charge in [0.2, 0.25) is 0 Å². The van der Waals surface area contributed by atoms with Crippen molar-refractivity contribution in [1.29, 1.82) is 0 Å². The Kier molecular flexibility index (Phi) is 11.0. The molecule has 0 saturated heterocycles. The first kappa shape index (κ1) is 29.6. The summed E-state index contributed by atoms with van der Waals surface area (Å²) in [6.45, 7) is 9.26. The first-order valence-corrected chi connectivity index (χ1v) is 12.6. The standard InChI is InChI=1S/C32H30O8/c1-4-26(33)21-23-8-10-24(11-9-23)31(35)39-28-16-17-29(22(3)20-28)40-32(36)25-12-14-27(15-13-25)37-18-6-7-19-38-30(34)5-2/h4-5,8-17,20H,1-2,6-7,18-19,21H2,3H3. The van der Waals surface area contributed by atoms with Crippen LogP contribution < -0.4 is 14.2 Å². The molecule has 3 aromatic carbocycles. The molecular weight excluding hydrogens is 512 g/mol. The van der Waals surface area contributed by atoms with Gasteiger partial charge in [-0.05, 0) is 91.6 Å². The number of rotatable bonds is 14. The highest BCUT2D eigenvalue weighted by Crippen LogP contribution is 2.25. The molecule has 0 radical (unpaired) electrons. The Hall–Kier alpha value is -4.98. The van der Waals surface area contributed by atoms with E-state index in [2.05, 4.69) is 13.2 Å². The molecule has 0 amide bonds. The van der Waals surface area contributed by atoms with Crippen LogP contribution in [0.1, 0.15) is 44.7 Å². The lowest BCUT2D eigenvalue weighted by molar-refractivity contribution is -0.137. The van der Waals surface area contributed by atoms with Crippen molar-refractivity contribution in [3.63, 3.8) is 0 Å². The Bertz CT molecular complexity index is 1370. The number of ketones is 1. The summed E-state index contributed by atoms with van der Waals surface area (Å²) in [4.78, 5) is 47.6. The number of benzene rings is 3. The molecule has 0 unspecified atom stereocenters. The number of unbranched alkanes of at least 4 members (excludes halogenated alkanes) is 1. The number of allylic oxidation sites excluding steroid dienone is 1. The normalized spacial score (nSPS) is 10.2. The fourth-order valence-electron chi connectivity index (χ4n) is 3.47. The van der Waals surface area contributed by atoms with Gasteiger partial charge in [-0.25, -0.2) is 14.4 Å². The van der Waals surface area contributed by atoms with Crippen LogP contribution in [0.2, 0.25) is 0 Å². The van der Waals surface area contributed by atoms with Gasteiger partial charge in [-0.1, -0.05) is 25.3 Å². The molecule has 0 heterocycles. The van der Waals surface area contributed by atoms with Crippen LogP contribution in [0, 0.1) is 6.92 Å². The smallest absolute Gasteiger partial charge is 0.343 e. The van der Waals surface area contributed by atoms with Gasteiger partial charge in [0.15, 0.2) is 5.78 Å². The molecule has 0 aromatic heterocycles. The quantitative estimate of drug-likeness (QED) is 0.112. The van der Waals surface area contributed by atoms with Gasteiger partial charge in [0.25, 0.3) is 0 Å². The van der Waals surface area contributed by atoms with Gasteiger partial charge >= 0.3 is 17.9 Å². The molecule has 40 heavy (non-hydrogen) atoms. The molecule has 8 nitrogen and oxygen atoms in total. The highest BCUT2D eigenvalue weighted by molar-refractivity contribution is 5.93. The first-order valence-electron chi connectivity index (χ1n) is 12.6. The van der Waals surface area contributed by atoms with E-state index in [4.69, 9.17) is 18.9 Å². The van der Waals surface area contributed by atoms with Crippen molar-refractivity contribution in [2.45, 2.75) is 26.2 Å². The van der Waals surface area contributed by atoms with E-state index >= 15 is 0 Å². The van der Waals surface area contributed by atoms with Crippen molar-refractivity contribution < 1.29 is 38.1 Å². The van der Waals surface area contributed by atoms with Crippen LogP contribution in [0.4, 0.5) is 0 Å². The van der Waals surface area contributed by atoms with Crippen LogP contribution in [0.3, 0.4) is 0 Å². The molecule has 0 spiro atoms. The molecule has 3 aromatic rings. The number of carbonyl (C=O) groups is 4. The number of hydrogen-bond donors (Lipinski definition) is 0. The third-order valence-electron chi connectivity index (χ3n) is 5.66. The van der Waals surface area contributed by atoms with E-state index < -0.39 is 17.9 Å². The molecule has 0 aliphatic carbocycles. The second kappa shape index (κ2) is 14.8. The van der Waals surface area contributed by atoms with Gasteiger partial charge in [-0.2, -0.15) is 0 Å². The second-order valence-electron chi connectivity index (χ2n) is 8.70. The maximum Gasteiger partial charge on any atom is 0.343 e. The fourth-order valence-corrected chi connectivity index (χ4v) is 3.47. The molecule has 3 rings (SSSR count). The Morgan fingerprint density at radius 1 is 0.725 bits per heavy atom. The predicted octanol–water partition coefficient (Wildman–Crippen LogP) is 5.62. The summed E-state index contributed by atoms with van der Waals surface area (Å²) in [5.41, 5.74) is 2.06. The van der Waals surface area contributed by atoms with Crippen molar-refractivity contribution in [3.8, 4) is 17.2 Å². The summed E-state index contributed by atoms with van der Waals surface area (Å²) < 4.78 is 21.5. The minimum atomic E-state index is -0.552. The summed E-state index contributed by atoms with van der Waals surface area (Å²) >= 11 is 0. The van der Waals surface area contributed by atoms with Gasteiger partial charge in [0.05, 0.1) is 24.3 Å². The summed E-state index contributed by atoms with van der Waals surface area (Å²) in [5, 5.41) is 0. The second-order valence-corrected chi connectivity index (χ2v) is 8.70. The third kappa shape index (κ3) is 9.09. The van der Waals surface area contributed by atoms with E-state index in [1.165, 1.54) is 6.08 Å². The Morgan fingerprint density at radius 3 is 1.95 bits per heavy atom. The number of ether oxygens (including phenoxy) is 4. The lowest BCUT2D eigenvalue weighted by Gasteiger charge is -2.11. The van der Waals surface area contributed by atoms with E-state index in [9.17, 15) is 19.2 Å². The molecule has 0 bridgehead atoms. The van der Waals surface area contributed by atoms with Gasteiger partial charge in [-0.3, -0.25) is 4.79 Å². The van der Waals surface area contributed by atoms with E-state index in [1.807, 2.05) is 0 Å². The Morgan fingerprint density at radius 2 is 1.32 bits per heavy atom. The highest BCUT2D eigenvalue weighted by atomic mass is 16.5. The summed E-state index contributed by atoms with van der Waals surface area (Å²) in [7, 11) is 0. The SMILES string of the molecule is C=CC(=O)Cc1ccc(C(=O)Oc2ccc(OC(=O)c3ccc(OCCCCOC(=O)C=C)cc3)c(C)c2)cc1. The van der Waals surface area contributed by atoms with Crippen LogP contribution in [0.25, 0.3) is 0 Å². The zero-order valence-electron chi connectivity index (χ0n) is 22.2. The van der Waals surface area contributed by atoms with E-state index in [0.717, 1.165) is 11.6 Å². The number of hydrogen-bond acceptors (Lipinski definition) is 8. The predicted molar refractivity (Wildman–Crippen MR) is 149 cm³/mol. The Balaban J connectivity index is 1.49. The van der Waals surface area contributed by atoms with Crippen molar-refractivity contribution in [2.75, 3.05) is 13.2 Å². The van der Waals surface area contributed by atoms with Gasteiger partial charge in [0.1, 0.15) is 17.2 Å². The number of carbonyl (C=O) groups excluding carboxylic acids is 4. The largest absolute Gasteiger partial charge is 0.494 e. The van der Waals surface area contributed by atoms with Crippen LogP contribution in [0.5, 0.6) is 17.2 Å². The number of aryl methyl sites for hydroxylation is 1. The molecule has 0 fully saturated rings. The molecule has 0 N–H and O–H groups in total. The average molecular weight is 543 g/mol. The highest BCUT2D eigenvalue weighted by Gasteiger charge is 2.14. The molecule has 0 aliphatic rings. The van der Waals surface area contributed by atoms with Crippen molar-refractivity contribution in [2.24, 2.45) is 0 Å². The maximum atomic E-state index is 12.6. The molecular formula is C32H30O8. The van der Waals surface area contributed by atoms with Crippen molar-refractivity contribution >= 4 is 23.7 Å². The van der Waals surface area contributed by atoms with Crippen molar-refractivity contribution in [1.82, 2.24) is 0 Å². The maximum absolute atomic E-state index is 12.6. The van der Waals surface area contributed by atoms with E-state index in [1.54, 1.807) is 73.7 Å². The van der Waals surface area contributed by atoms with Crippen LogP contribution in [0.15, 0.2) is 92.0 Å². The zero-order valence-corrected chi connectivity index (χ0v) is 22.2. The van der Waals surface area contributed by atoms with Gasteiger partial charge in [0, 0.05) is 12.5 Å². The summed E-state index contributed by atoms with van der Waals surface area (Å²) in [6, 6.07) is 17.8. The molecule has 206 valence electrons. The van der Waals surface area contributed by atoms with Crippen molar-refractivity contribution in [3.05, 3.63) is 114 Å². The van der Waals surface area contributed by atoms with E-state index in [-0.39, 0.29) is 12.2 Å². The Labute approximate surface area is 232 Å². The summed E-state index contributed by atoms with van der Waals surface area (Å²) in [6.07, 6.45) is 3.96. The lowest BCUT2D eigenvalue weighted by Crippen LogP contribution is -2.11. The van der Waals surface area contributed by atoms with Crippen LogP contribution >= 0.6 is 0 Å². The third-order valence-corrected chi connectivity index (χ3v) is 5.66. The van der Waals surface area contributed by atoms with Gasteiger partial charge in [-0.15, -0.1) is 0 Å². The van der Waals surface area contributed by atoms with E-state index in [0.29, 0.717) is 60.0 Å².